The van der Waals surface area contributed by atoms with Gasteiger partial charge in [-0.05, 0) is 43.2 Å². The van der Waals surface area contributed by atoms with Crippen LogP contribution in [0.15, 0.2) is 18.2 Å². The van der Waals surface area contributed by atoms with Crippen LogP contribution in [0.3, 0.4) is 0 Å². The van der Waals surface area contributed by atoms with Gasteiger partial charge in [0, 0.05) is 24.9 Å². The van der Waals surface area contributed by atoms with Gasteiger partial charge in [-0.25, -0.2) is 4.39 Å². The Morgan fingerprint density at radius 2 is 2.00 bits per heavy atom. The Morgan fingerprint density at radius 3 is 2.70 bits per heavy atom. The molecule has 2 heterocycles. The molecular formula is C16H19ClFNO. The van der Waals surface area contributed by atoms with Gasteiger partial charge in [-0.3, -0.25) is 4.79 Å². The standard InChI is InChI=1S/C16H19ClFNO/c17-16-11(2-1-3-15(16)18)9-14(20)8-10-6-12-4-5-13(7-10)19-12/h1-3,10,12-13,19H,4-9H2. The number of nitrogens with one attached hydrogen (secondary N) is 1. The summed E-state index contributed by atoms with van der Waals surface area (Å²) in [5.41, 5.74) is 0.605. The van der Waals surface area contributed by atoms with Gasteiger partial charge in [0.2, 0.25) is 0 Å². The topological polar surface area (TPSA) is 29.1 Å². The van der Waals surface area contributed by atoms with Crippen molar-refractivity contribution < 1.29 is 9.18 Å². The summed E-state index contributed by atoms with van der Waals surface area (Å²) in [4.78, 5) is 12.2. The highest BCUT2D eigenvalue weighted by Crippen LogP contribution is 2.33. The van der Waals surface area contributed by atoms with Gasteiger partial charge in [0.05, 0.1) is 5.02 Å². The van der Waals surface area contributed by atoms with E-state index in [1.165, 1.54) is 18.9 Å². The first-order chi connectivity index (χ1) is 9.61. The fraction of sp³-hybridized carbons (Fsp3) is 0.562. The van der Waals surface area contributed by atoms with Crippen LogP contribution >= 0.6 is 11.6 Å². The summed E-state index contributed by atoms with van der Waals surface area (Å²) in [5, 5.41) is 3.67. The summed E-state index contributed by atoms with van der Waals surface area (Å²) in [6.07, 6.45) is 5.52. The third-order valence-electron chi connectivity index (χ3n) is 4.51. The Kier molecular flexibility index (Phi) is 4.08. The Labute approximate surface area is 123 Å². The smallest absolute Gasteiger partial charge is 0.142 e. The molecule has 0 radical (unpaired) electrons. The minimum Gasteiger partial charge on any atom is -0.311 e. The first kappa shape index (κ1) is 14.0. The fourth-order valence-electron chi connectivity index (χ4n) is 3.63. The lowest BCUT2D eigenvalue weighted by Crippen LogP contribution is -2.38. The zero-order valence-electron chi connectivity index (χ0n) is 11.4. The lowest BCUT2D eigenvalue weighted by atomic mass is 9.87. The lowest BCUT2D eigenvalue weighted by Gasteiger charge is -2.28. The number of piperidine rings is 1. The number of carbonyl (C=O) groups is 1. The molecule has 2 bridgehead atoms. The number of halogens is 2. The van der Waals surface area contributed by atoms with Crippen LogP contribution in [-0.4, -0.2) is 17.9 Å². The maximum atomic E-state index is 13.3. The number of benzene rings is 1. The van der Waals surface area contributed by atoms with Crippen molar-refractivity contribution >= 4 is 17.4 Å². The van der Waals surface area contributed by atoms with Gasteiger partial charge in [-0.15, -0.1) is 0 Å². The zero-order valence-corrected chi connectivity index (χ0v) is 12.1. The number of carbonyl (C=O) groups excluding carboxylic acids is 1. The maximum Gasteiger partial charge on any atom is 0.142 e. The van der Waals surface area contributed by atoms with Crippen molar-refractivity contribution in [2.45, 2.75) is 50.6 Å². The van der Waals surface area contributed by atoms with Crippen LogP contribution in [0, 0.1) is 11.7 Å². The molecule has 2 atom stereocenters. The first-order valence-electron chi connectivity index (χ1n) is 7.32. The van der Waals surface area contributed by atoms with Crippen LogP contribution in [0.25, 0.3) is 0 Å². The molecule has 0 aromatic heterocycles. The average molecular weight is 296 g/mol. The molecule has 2 fully saturated rings. The molecule has 108 valence electrons. The number of rotatable bonds is 4. The molecule has 20 heavy (non-hydrogen) atoms. The van der Waals surface area contributed by atoms with E-state index in [0.717, 1.165) is 12.8 Å². The molecule has 2 aliphatic heterocycles. The van der Waals surface area contributed by atoms with E-state index in [2.05, 4.69) is 5.32 Å². The van der Waals surface area contributed by atoms with Gasteiger partial charge in [0.1, 0.15) is 11.6 Å². The predicted molar refractivity (Wildman–Crippen MR) is 77.4 cm³/mol. The van der Waals surface area contributed by atoms with E-state index in [-0.39, 0.29) is 17.2 Å². The van der Waals surface area contributed by atoms with E-state index in [0.29, 0.717) is 30.0 Å². The molecule has 2 unspecified atom stereocenters. The number of ketones is 1. The number of Topliss-reactive ketones (excluding diaryl/α,β-unsaturated/α-hetero) is 1. The molecular weight excluding hydrogens is 277 g/mol. The van der Waals surface area contributed by atoms with Crippen LogP contribution in [-0.2, 0) is 11.2 Å². The third kappa shape index (κ3) is 3.04. The molecule has 0 amide bonds. The second-order valence-electron chi connectivity index (χ2n) is 6.11. The van der Waals surface area contributed by atoms with Crippen LogP contribution in [0.4, 0.5) is 4.39 Å². The van der Waals surface area contributed by atoms with Crippen LogP contribution in [0.5, 0.6) is 0 Å². The van der Waals surface area contributed by atoms with E-state index < -0.39 is 5.82 Å². The molecule has 0 spiro atoms. The van der Waals surface area contributed by atoms with Crippen molar-refractivity contribution in [1.29, 1.82) is 0 Å². The molecule has 0 aliphatic carbocycles. The summed E-state index contributed by atoms with van der Waals surface area (Å²) >= 11 is 5.90. The number of hydrogen-bond acceptors (Lipinski definition) is 2. The van der Waals surface area contributed by atoms with Crippen LogP contribution in [0.1, 0.15) is 37.7 Å². The zero-order chi connectivity index (χ0) is 14.1. The minimum atomic E-state index is -0.447. The van der Waals surface area contributed by atoms with Gasteiger partial charge in [-0.2, -0.15) is 0 Å². The number of hydrogen-bond donors (Lipinski definition) is 1. The second-order valence-corrected chi connectivity index (χ2v) is 6.49. The summed E-state index contributed by atoms with van der Waals surface area (Å²) in [7, 11) is 0. The monoisotopic (exact) mass is 295 g/mol. The van der Waals surface area contributed by atoms with Gasteiger partial charge in [0.25, 0.3) is 0 Å². The summed E-state index contributed by atoms with van der Waals surface area (Å²) in [5.74, 6) is 0.203. The summed E-state index contributed by atoms with van der Waals surface area (Å²) < 4.78 is 13.3. The minimum absolute atomic E-state index is 0.0891. The van der Waals surface area contributed by atoms with Gasteiger partial charge in [-0.1, -0.05) is 23.7 Å². The van der Waals surface area contributed by atoms with Crippen molar-refractivity contribution in [3.05, 3.63) is 34.6 Å². The summed E-state index contributed by atoms with van der Waals surface area (Å²) in [6.45, 7) is 0. The first-order valence-corrected chi connectivity index (χ1v) is 7.70. The SMILES string of the molecule is O=C(Cc1cccc(F)c1Cl)CC1CC2CCC(C1)N2. The third-order valence-corrected chi connectivity index (χ3v) is 4.93. The van der Waals surface area contributed by atoms with Gasteiger partial charge >= 0.3 is 0 Å². The van der Waals surface area contributed by atoms with Crippen molar-refractivity contribution in [3.63, 3.8) is 0 Å². The van der Waals surface area contributed by atoms with E-state index >= 15 is 0 Å². The van der Waals surface area contributed by atoms with Crippen molar-refractivity contribution in [3.8, 4) is 0 Å². The molecule has 0 saturated carbocycles. The molecule has 1 aromatic rings. The molecule has 2 nitrogen and oxygen atoms in total. The Morgan fingerprint density at radius 1 is 1.30 bits per heavy atom. The number of fused-ring (bicyclic) bond motifs is 2. The highest BCUT2D eigenvalue weighted by molar-refractivity contribution is 6.31. The maximum absolute atomic E-state index is 13.3. The van der Waals surface area contributed by atoms with Crippen LogP contribution in [0.2, 0.25) is 5.02 Å². The highest BCUT2D eigenvalue weighted by Gasteiger charge is 2.34. The van der Waals surface area contributed by atoms with Crippen molar-refractivity contribution in [2.24, 2.45) is 5.92 Å². The molecule has 2 saturated heterocycles. The van der Waals surface area contributed by atoms with Gasteiger partial charge < -0.3 is 5.32 Å². The largest absolute Gasteiger partial charge is 0.311 e. The van der Waals surface area contributed by atoms with Crippen molar-refractivity contribution in [2.75, 3.05) is 0 Å². The van der Waals surface area contributed by atoms with E-state index in [1.54, 1.807) is 12.1 Å². The fourth-order valence-corrected chi connectivity index (χ4v) is 3.83. The molecule has 2 aliphatic rings. The predicted octanol–water partition coefficient (Wildman–Crippen LogP) is 3.51. The van der Waals surface area contributed by atoms with E-state index in [1.807, 2.05) is 0 Å². The van der Waals surface area contributed by atoms with Gasteiger partial charge in [0.15, 0.2) is 0 Å². The Balaban J connectivity index is 1.58. The van der Waals surface area contributed by atoms with Crippen LogP contribution < -0.4 is 5.32 Å². The average Bonchev–Trinajstić information content (AvgIpc) is 2.74. The molecule has 1 aromatic carbocycles. The molecule has 4 heteroatoms. The van der Waals surface area contributed by atoms with Crippen molar-refractivity contribution in [1.82, 2.24) is 5.32 Å². The van der Waals surface area contributed by atoms with E-state index in [9.17, 15) is 9.18 Å². The Bertz CT molecular complexity index is 507. The molecule has 3 rings (SSSR count). The normalized spacial score (nSPS) is 28.6. The van der Waals surface area contributed by atoms with E-state index in [4.69, 9.17) is 11.6 Å². The second kappa shape index (κ2) is 5.82. The Hall–Kier alpha value is -0.930. The highest BCUT2D eigenvalue weighted by atomic mass is 35.5. The summed E-state index contributed by atoms with van der Waals surface area (Å²) in [6, 6.07) is 5.86. The quantitative estimate of drug-likeness (QED) is 0.921. The lowest BCUT2D eigenvalue weighted by molar-refractivity contribution is -0.119. The molecule has 1 N–H and O–H groups in total.